The van der Waals surface area contributed by atoms with Gasteiger partial charge in [0.2, 0.25) is 5.78 Å². The Morgan fingerprint density at radius 1 is 0.614 bits per heavy atom. The topological polar surface area (TPSA) is 173 Å². The van der Waals surface area contributed by atoms with Crippen molar-refractivity contribution >= 4 is 34.2 Å². The predicted octanol–water partition coefficient (Wildman–Crippen LogP) is 1.96. The molecule has 0 fully saturated rings. The maximum atomic E-state index is 12.6. The van der Waals surface area contributed by atoms with Crippen molar-refractivity contribution < 1.29 is 30.3 Å². The summed E-state index contributed by atoms with van der Waals surface area (Å²) in [7, 11) is 0. The second-order valence-electron chi connectivity index (χ2n) is 10.3. The molecule has 2 aromatic carbocycles. The lowest BCUT2D eigenvalue weighted by atomic mass is 10.1. The van der Waals surface area contributed by atoms with Crippen LogP contribution in [0.5, 0.6) is 0 Å². The number of nitrogens with zero attached hydrogens (tertiary/aromatic N) is 3. The van der Waals surface area contributed by atoms with Crippen LogP contribution in [-0.4, -0.2) is 126 Å². The van der Waals surface area contributed by atoms with Gasteiger partial charge >= 0.3 is 0 Å². The number of ketones is 1. The molecule has 240 valence electrons. The van der Waals surface area contributed by atoms with E-state index in [1.807, 2.05) is 58.3 Å². The van der Waals surface area contributed by atoms with Crippen molar-refractivity contribution in [2.45, 2.75) is 12.8 Å². The third kappa shape index (κ3) is 12.1. The molecule has 0 radical (unpaired) electrons. The van der Waals surface area contributed by atoms with Gasteiger partial charge in [0.25, 0.3) is 0 Å². The van der Waals surface area contributed by atoms with E-state index in [2.05, 4.69) is 20.9 Å². The average Bonchev–Trinajstić information content (AvgIpc) is 3.02. The summed E-state index contributed by atoms with van der Waals surface area (Å²) in [6.07, 6.45) is 4.40. The van der Waals surface area contributed by atoms with E-state index in [-0.39, 0.29) is 43.7 Å². The van der Waals surface area contributed by atoms with Gasteiger partial charge in [0, 0.05) is 62.4 Å². The summed E-state index contributed by atoms with van der Waals surface area (Å²) in [6, 6.07) is 15.0. The van der Waals surface area contributed by atoms with Gasteiger partial charge in [0.15, 0.2) is 0 Å². The van der Waals surface area contributed by atoms with Gasteiger partial charge in [0.05, 0.1) is 37.8 Å². The van der Waals surface area contributed by atoms with Gasteiger partial charge in [-0.15, -0.1) is 0 Å². The van der Waals surface area contributed by atoms with Gasteiger partial charge < -0.3 is 41.5 Å². The molecule has 1 aliphatic rings. The maximum Gasteiger partial charge on any atom is 0.208 e. The fourth-order valence-corrected chi connectivity index (χ4v) is 4.67. The Kier molecular flexibility index (Phi) is 15.4. The van der Waals surface area contributed by atoms with E-state index in [0.29, 0.717) is 37.6 Å². The summed E-state index contributed by atoms with van der Waals surface area (Å²) < 4.78 is 0. The number of aliphatic hydroxyl groups excluding tert-OH is 5. The van der Waals surface area contributed by atoms with Crippen LogP contribution in [0.15, 0.2) is 77.1 Å². The fourth-order valence-electron chi connectivity index (χ4n) is 4.67. The summed E-state index contributed by atoms with van der Waals surface area (Å²) in [4.78, 5) is 21.1. The minimum atomic E-state index is -0.387. The molecule has 0 bridgehead atoms. The molecule has 0 atom stereocenters. The van der Waals surface area contributed by atoms with E-state index < -0.39 is 0 Å². The van der Waals surface area contributed by atoms with E-state index >= 15 is 0 Å². The standard InChI is InChI=1S/C32H46N6O6/c39-19-15-37(16-20-40)13-1-11-33-25-3-7-27(8-4-25)35-29-23-30(32(44)24-31(29)43)36-28-9-5-26(6-10-28)34-12-2-14-38(17-21-41)18-22-42/h3-10,23-24,33-35,39-43H,1-2,11-22H2. The Hall–Kier alpha value is -3.78. The van der Waals surface area contributed by atoms with Crippen LogP contribution in [-0.2, 0) is 4.79 Å². The van der Waals surface area contributed by atoms with Crippen LogP contribution >= 0.6 is 0 Å². The minimum absolute atomic E-state index is 0.0640. The number of rotatable bonds is 21. The van der Waals surface area contributed by atoms with Gasteiger partial charge in [0.1, 0.15) is 11.5 Å². The Morgan fingerprint density at radius 2 is 1.07 bits per heavy atom. The lowest BCUT2D eigenvalue weighted by Gasteiger charge is -2.20. The van der Waals surface area contributed by atoms with Crippen molar-refractivity contribution in [3.63, 3.8) is 0 Å². The zero-order valence-corrected chi connectivity index (χ0v) is 25.2. The van der Waals surface area contributed by atoms with Crippen molar-refractivity contribution in [3.8, 4) is 0 Å². The molecule has 0 spiro atoms. The van der Waals surface area contributed by atoms with E-state index in [1.165, 1.54) is 6.08 Å². The van der Waals surface area contributed by atoms with Crippen LogP contribution in [0.25, 0.3) is 0 Å². The van der Waals surface area contributed by atoms with Crippen LogP contribution in [0.1, 0.15) is 12.8 Å². The average molecular weight is 611 g/mol. The van der Waals surface area contributed by atoms with Crippen molar-refractivity contribution in [3.05, 3.63) is 72.1 Å². The minimum Gasteiger partial charge on any atom is -0.506 e. The molecule has 44 heavy (non-hydrogen) atoms. The van der Waals surface area contributed by atoms with Crippen LogP contribution < -0.4 is 16.0 Å². The highest BCUT2D eigenvalue weighted by molar-refractivity contribution is 6.49. The second-order valence-corrected chi connectivity index (χ2v) is 10.3. The number of carbonyl (C=O) groups excluding carboxylic acids is 1. The largest absolute Gasteiger partial charge is 0.506 e. The summed E-state index contributed by atoms with van der Waals surface area (Å²) in [5, 5.41) is 56.7. The number of carbonyl (C=O) groups is 1. The zero-order chi connectivity index (χ0) is 31.6. The molecule has 2 aromatic rings. The fraction of sp³-hybridized carbons (Fsp3) is 0.438. The van der Waals surface area contributed by atoms with Crippen molar-refractivity contribution in [1.29, 1.82) is 0 Å². The van der Waals surface area contributed by atoms with Crippen LogP contribution in [0, 0.1) is 0 Å². The Labute approximate surface area is 259 Å². The number of nitrogens with one attached hydrogen (secondary N) is 3. The van der Waals surface area contributed by atoms with E-state index in [4.69, 9.17) is 20.4 Å². The van der Waals surface area contributed by atoms with Gasteiger partial charge in [-0.2, -0.15) is 0 Å². The van der Waals surface area contributed by atoms with Crippen molar-refractivity contribution in [1.82, 2.24) is 9.80 Å². The number of benzene rings is 2. The normalized spacial score (nSPS) is 14.2. The number of aliphatic hydroxyl groups is 5. The Morgan fingerprint density at radius 3 is 1.55 bits per heavy atom. The lowest BCUT2D eigenvalue weighted by Crippen LogP contribution is -2.31. The van der Waals surface area contributed by atoms with Crippen molar-refractivity contribution in [2.24, 2.45) is 4.99 Å². The van der Waals surface area contributed by atoms with Crippen molar-refractivity contribution in [2.75, 3.05) is 94.7 Å². The lowest BCUT2D eigenvalue weighted by molar-refractivity contribution is -0.109. The summed E-state index contributed by atoms with van der Waals surface area (Å²) >= 11 is 0. The SMILES string of the molecule is O=C1C=C(O)C(Nc2ccc(NCCCN(CCO)CCO)cc2)=CC1=Nc1ccc(NCCCN(CCO)CCO)cc1. The first kappa shape index (κ1) is 34.7. The van der Waals surface area contributed by atoms with Gasteiger partial charge in [-0.1, -0.05) is 0 Å². The van der Waals surface area contributed by atoms with Gasteiger partial charge in [-0.05, 0) is 80.5 Å². The van der Waals surface area contributed by atoms with Crippen LogP contribution in [0.2, 0.25) is 0 Å². The summed E-state index contributed by atoms with van der Waals surface area (Å²) in [6.45, 7) is 5.44. The number of hydrogen-bond donors (Lipinski definition) is 8. The highest BCUT2D eigenvalue weighted by Crippen LogP contribution is 2.22. The molecular formula is C32H46N6O6. The summed E-state index contributed by atoms with van der Waals surface area (Å²) in [5.74, 6) is -0.552. The summed E-state index contributed by atoms with van der Waals surface area (Å²) in [5.41, 5.74) is 3.76. The number of aliphatic imine (C=N–C) groups is 1. The van der Waals surface area contributed by atoms with Crippen LogP contribution in [0.3, 0.4) is 0 Å². The smallest absolute Gasteiger partial charge is 0.208 e. The first-order chi connectivity index (χ1) is 21.4. The molecule has 12 nitrogen and oxygen atoms in total. The Bertz CT molecular complexity index is 1220. The first-order valence-corrected chi connectivity index (χ1v) is 15.0. The highest BCUT2D eigenvalue weighted by atomic mass is 16.3. The van der Waals surface area contributed by atoms with Gasteiger partial charge in [-0.25, -0.2) is 4.99 Å². The molecule has 0 saturated carbocycles. The van der Waals surface area contributed by atoms with E-state index in [9.17, 15) is 9.90 Å². The molecule has 0 aliphatic heterocycles. The predicted molar refractivity (Wildman–Crippen MR) is 175 cm³/mol. The molecular weight excluding hydrogens is 564 g/mol. The quantitative estimate of drug-likeness (QED) is 0.0767. The molecule has 0 saturated heterocycles. The number of hydrogen-bond acceptors (Lipinski definition) is 12. The zero-order valence-electron chi connectivity index (χ0n) is 25.2. The molecule has 0 aromatic heterocycles. The number of allylic oxidation sites excluding steroid dienone is 2. The monoisotopic (exact) mass is 610 g/mol. The maximum absolute atomic E-state index is 12.6. The number of anilines is 3. The van der Waals surface area contributed by atoms with E-state index in [1.54, 1.807) is 0 Å². The molecule has 0 heterocycles. The van der Waals surface area contributed by atoms with Gasteiger partial charge in [-0.3, -0.25) is 14.6 Å². The molecule has 3 rings (SSSR count). The first-order valence-electron chi connectivity index (χ1n) is 15.0. The van der Waals surface area contributed by atoms with Crippen LogP contribution in [0.4, 0.5) is 22.7 Å². The molecule has 1 aliphatic carbocycles. The van der Waals surface area contributed by atoms with E-state index in [0.717, 1.165) is 62.2 Å². The second kappa shape index (κ2) is 19.5. The molecule has 8 N–H and O–H groups in total. The third-order valence-electron chi connectivity index (χ3n) is 6.98. The molecule has 0 amide bonds. The highest BCUT2D eigenvalue weighted by Gasteiger charge is 2.19. The third-order valence-corrected chi connectivity index (χ3v) is 6.98. The molecule has 12 heteroatoms. The molecule has 0 unspecified atom stereocenters. The Balaban J connectivity index is 1.51.